The van der Waals surface area contributed by atoms with E-state index in [1.165, 1.54) is 26.3 Å². The number of aromatic nitrogens is 3. The normalized spacial score (nSPS) is 11.8. The number of pyridine rings is 1. The van der Waals surface area contributed by atoms with Gasteiger partial charge in [0.1, 0.15) is 34.4 Å². The van der Waals surface area contributed by atoms with Crippen molar-refractivity contribution >= 4 is 53.2 Å². The molecule has 1 amide bonds. The maximum atomic E-state index is 13.8. The molecule has 3 N–H and O–H groups in total. The Balaban J connectivity index is 1.90. The molecular formula is C23H24BrF3N6O5P+. The van der Waals surface area contributed by atoms with Crippen molar-refractivity contribution in [3.63, 3.8) is 0 Å². The first-order chi connectivity index (χ1) is 18.4. The van der Waals surface area contributed by atoms with Crippen LogP contribution in [0.25, 0.3) is 0 Å². The average molecular weight is 632 g/mol. The first kappa shape index (κ1) is 30.2. The molecule has 0 saturated heterocycles. The Morgan fingerprint density at radius 3 is 2.49 bits per heavy atom. The third kappa shape index (κ3) is 8.30. The molecule has 1 aromatic carbocycles. The molecule has 0 spiro atoms. The van der Waals surface area contributed by atoms with Gasteiger partial charge in [-0.25, -0.2) is 9.97 Å². The highest BCUT2D eigenvalue weighted by Crippen LogP contribution is 2.37. The van der Waals surface area contributed by atoms with E-state index >= 15 is 0 Å². The van der Waals surface area contributed by atoms with Gasteiger partial charge in [-0.1, -0.05) is 6.07 Å². The summed E-state index contributed by atoms with van der Waals surface area (Å²) in [5.74, 6) is -1.11. The third-order valence-corrected chi connectivity index (χ3v) is 6.17. The molecule has 1 unspecified atom stereocenters. The van der Waals surface area contributed by atoms with Crippen LogP contribution in [0.2, 0.25) is 0 Å². The molecule has 1 atom stereocenters. The zero-order chi connectivity index (χ0) is 28.7. The van der Waals surface area contributed by atoms with Crippen LogP contribution in [0.1, 0.15) is 35.5 Å². The Labute approximate surface area is 231 Å². The summed E-state index contributed by atoms with van der Waals surface area (Å²) in [5, 5.41) is 7.76. The largest absolute Gasteiger partial charge is 0.697 e. The summed E-state index contributed by atoms with van der Waals surface area (Å²) < 4.78 is 69.0. The average Bonchev–Trinajstić information content (AvgIpc) is 2.87. The summed E-state index contributed by atoms with van der Waals surface area (Å²) in [4.78, 5) is 24.1. The number of nitrogens with zero attached hydrogens (tertiary/aromatic N) is 3. The maximum Gasteiger partial charge on any atom is 0.697 e. The number of carbonyl (C=O) groups excluding carboxylic acids is 1. The number of anilines is 4. The lowest BCUT2D eigenvalue weighted by atomic mass is 10.2. The Morgan fingerprint density at radius 1 is 1.13 bits per heavy atom. The number of methoxy groups -OCH3 is 1. The van der Waals surface area contributed by atoms with E-state index in [1.54, 1.807) is 32.0 Å². The van der Waals surface area contributed by atoms with Crippen molar-refractivity contribution in [2.24, 2.45) is 0 Å². The number of ether oxygens (including phenoxy) is 1. The lowest BCUT2D eigenvalue weighted by Gasteiger charge is -2.17. The summed E-state index contributed by atoms with van der Waals surface area (Å²) in [6.45, 7) is 3.42. The van der Waals surface area contributed by atoms with Crippen molar-refractivity contribution in [2.75, 3.05) is 24.8 Å². The number of benzene rings is 1. The van der Waals surface area contributed by atoms with Gasteiger partial charge in [-0.15, -0.1) is 9.05 Å². The topological polar surface area (TPSA) is 137 Å². The summed E-state index contributed by atoms with van der Waals surface area (Å²) in [7, 11) is 0.456. The molecule has 2 heterocycles. The van der Waals surface area contributed by atoms with E-state index in [4.69, 9.17) is 13.8 Å². The molecule has 0 aliphatic heterocycles. The number of carbonyl (C=O) groups is 1. The first-order valence-corrected chi connectivity index (χ1v) is 13.1. The van der Waals surface area contributed by atoms with E-state index in [0.717, 1.165) is 0 Å². The van der Waals surface area contributed by atoms with Crippen molar-refractivity contribution in [2.45, 2.75) is 32.7 Å². The van der Waals surface area contributed by atoms with E-state index in [1.807, 2.05) is 0 Å². The van der Waals surface area contributed by atoms with Crippen LogP contribution in [0.4, 0.5) is 36.3 Å². The molecule has 0 aliphatic carbocycles. The standard InChI is InChI=1S/C23H23BrF3N6O5P/c1-12(2)38-39(35)37-11-13-5-6-15(17(9-13)36-4)31-22-29-10-14(23(25,26)27)20(33-22)30-16-7-8-18(24)32-19(16)21(34)28-3/h5-10,12H,11H2,1-4H3,(H2-,28,29,30,31,33,34)/p+1. The van der Waals surface area contributed by atoms with Crippen LogP contribution in [-0.2, 0) is 26.4 Å². The number of halogens is 4. The van der Waals surface area contributed by atoms with Gasteiger partial charge in [0.15, 0.2) is 5.69 Å². The fourth-order valence-electron chi connectivity index (χ4n) is 3.08. The molecule has 0 bridgehead atoms. The van der Waals surface area contributed by atoms with Crippen LogP contribution >= 0.6 is 24.2 Å². The summed E-state index contributed by atoms with van der Waals surface area (Å²) >= 11 is 3.14. The van der Waals surface area contributed by atoms with Crippen molar-refractivity contribution in [3.05, 3.63) is 58.0 Å². The quantitative estimate of drug-likeness (QED) is 0.168. The van der Waals surface area contributed by atoms with Gasteiger partial charge in [-0.05, 0) is 59.6 Å². The zero-order valence-electron chi connectivity index (χ0n) is 21.1. The van der Waals surface area contributed by atoms with Crippen LogP contribution in [0.3, 0.4) is 0 Å². The van der Waals surface area contributed by atoms with Crippen LogP contribution in [-0.4, -0.2) is 41.1 Å². The van der Waals surface area contributed by atoms with Gasteiger partial charge in [0.05, 0.1) is 18.5 Å². The Kier molecular flexibility index (Phi) is 10.1. The molecule has 0 aliphatic rings. The number of hydrogen-bond donors (Lipinski definition) is 3. The van der Waals surface area contributed by atoms with Crippen LogP contribution in [0.5, 0.6) is 5.75 Å². The second kappa shape index (κ2) is 13.1. The summed E-state index contributed by atoms with van der Waals surface area (Å²) in [5.41, 5.74) is -0.363. The molecule has 11 nitrogen and oxygen atoms in total. The minimum atomic E-state index is -4.80. The van der Waals surface area contributed by atoms with Crippen LogP contribution < -0.4 is 20.7 Å². The number of nitrogens with one attached hydrogen (secondary N) is 3. The number of hydrogen-bond acceptors (Lipinski definition) is 10. The Bertz CT molecular complexity index is 1360. The number of rotatable bonds is 11. The monoisotopic (exact) mass is 631 g/mol. The second-order valence-corrected chi connectivity index (χ2v) is 9.73. The van der Waals surface area contributed by atoms with E-state index in [9.17, 15) is 22.5 Å². The smallest absolute Gasteiger partial charge is 0.495 e. The maximum absolute atomic E-state index is 13.8. The molecule has 208 valence electrons. The molecule has 2 aromatic heterocycles. The van der Waals surface area contributed by atoms with Gasteiger partial charge in [-0.3, -0.25) is 4.79 Å². The van der Waals surface area contributed by atoms with Gasteiger partial charge < -0.3 is 20.7 Å². The Morgan fingerprint density at radius 2 is 1.85 bits per heavy atom. The molecule has 0 fully saturated rings. The van der Waals surface area contributed by atoms with Crippen LogP contribution in [0.15, 0.2) is 41.1 Å². The summed E-state index contributed by atoms with van der Waals surface area (Å²) in [6, 6.07) is 7.65. The lowest BCUT2D eigenvalue weighted by molar-refractivity contribution is -0.137. The lowest BCUT2D eigenvalue weighted by Crippen LogP contribution is -2.21. The molecule has 0 radical (unpaired) electrons. The SMILES string of the molecule is CNC(=O)c1nc(Br)ccc1Nc1nc(Nc2ccc(CO[P+](=O)OC(C)C)cc2OC)ncc1C(F)(F)F. The van der Waals surface area contributed by atoms with Gasteiger partial charge in [0.25, 0.3) is 5.91 Å². The third-order valence-electron chi connectivity index (χ3n) is 4.80. The highest BCUT2D eigenvalue weighted by atomic mass is 79.9. The molecule has 39 heavy (non-hydrogen) atoms. The van der Waals surface area contributed by atoms with E-state index < -0.39 is 31.7 Å². The van der Waals surface area contributed by atoms with Crippen molar-refractivity contribution in [1.29, 1.82) is 0 Å². The van der Waals surface area contributed by atoms with Gasteiger partial charge >= 0.3 is 14.4 Å². The summed E-state index contributed by atoms with van der Waals surface area (Å²) in [6.07, 6.45) is -4.45. The highest BCUT2D eigenvalue weighted by molar-refractivity contribution is 9.10. The minimum Gasteiger partial charge on any atom is -0.495 e. The van der Waals surface area contributed by atoms with Gasteiger partial charge in [0, 0.05) is 17.8 Å². The minimum absolute atomic E-state index is 0.00517. The molecule has 0 saturated carbocycles. The molecule has 3 rings (SSSR count). The van der Waals surface area contributed by atoms with Crippen molar-refractivity contribution in [3.8, 4) is 5.75 Å². The van der Waals surface area contributed by atoms with Crippen LogP contribution in [0, 0.1) is 0 Å². The van der Waals surface area contributed by atoms with E-state index in [-0.39, 0.29) is 30.0 Å². The number of amides is 1. The predicted molar refractivity (Wildman–Crippen MR) is 141 cm³/mol. The first-order valence-electron chi connectivity index (χ1n) is 11.2. The molecule has 16 heteroatoms. The fourth-order valence-corrected chi connectivity index (χ4v) is 4.05. The van der Waals surface area contributed by atoms with E-state index in [0.29, 0.717) is 27.8 Å². The zero-order valence-corrected chi connectivity index (χ0v) is 23.6. The van der Waals surface area contributed by atoms with Crippen molar-refractivity contribution in [1.82, 2.24) is 20.3 Å². The van der Waals surface area contributed by atoms with Crippen molar-refractivity contribution < 1.29 is 36.3 Å². The highest BCUT2D eigenvalue weighted by Gasteiger charge is 2.36. The number of alkyl halides is 3. The Hall–Kier alpha value is -3.39. The van der Waals surface area contributed by atoms with Gasteiger partial charge in [0.2, 0.25) is 5.95 Å². The predicted octanol–water partition coefficient (Wildman–Crippen LogP) is 6.11. The molecule has 3 aromatic rings. The molecular weight excluding hydrogens is 608 g/mol. The second-order valence-electron chi connectivity index (χ2n) is 8.00. The van der Waals surface area contributed by atoms with Gasteiger partial charge in [-0.2, -0.15) is 18.2 Å². The van der Waals surface area contributed by atoms with E-state index in [2.05, 4.69) is 46.8 Å². The fraction of sp³-hybridized carbons (Fsp3) is 0.304.